The summed E-state index contributed by atoms with van der Waals surface area (Å²) in [6.45, 7) is 0. The smallest absolute Gasteiger partial charge is 0.326 e. The maximum absolute atomic E-state index is 10.7. The summed E-state index contributed by atoms with van der Waals surface area (Å²) in [4.78, 5) is 21.2. The summed E-state index contributed by atoms with van der Waals surface area (Å²) in [6, 6.07) is 7.89. The van der Waals surface area contributed by atoms with E-state index in [2.05, 4.69) is 5.32 Å². The zero-order valence-corrected chi connectivity index (χ0v) is 7.43. The van der Waals surface area contributed by atoms with E-state index in [1.54, 1.807) is 24.3 Å². The molecule has 0 saturated carbocycles. The summed E-state index contributed by atoms with van der Waals surface area (Å²) < 4.78 is 6.65. The summed E-state index contributed by atoms with van der Waals surface area (Å²) in [5.41, 5.74) is 0.804. The molecule has 1 aromatic carbocycles. The number of rotatable bonds is 4. The van der Waals surface area contributed by atoms with Crippen molar-refractivity contribution in [3.05, 3.63) is 35.9 Å². The van der Waals surface area contributed by atoms with Crippen LogP contribution >= 0.6 is 0 Å². The van der Waals surface area contributed by atoms with E-state index >= 15 is 0 Å². The van der Waals surface area contributed by atoms with Gasteiger partial charge >= 0.3 is 5.97 Å². The molecule has 74 valence electrons. The van der Waals surface area contributed by atoms with Crippen LogP contribution in [-0.2, 0) is 16.0 Å². The Labute approximate surface area is 83.0 Å². The first-order valence-corrected chi connectivity index (χ1v) is 4.13. The highest BCUT2D eigenvalue weighted by atomic mass is 16.4. The third kappa shape index (κ3) is 2.90. The molecular formula is C10H11NO3. The molecule has 0 bridgehead atoms. The number of carbonyl (C=O) groups excluding carboxylic acids is 1. The molecule has 0 unspecified atom stereocenters. The fourth-order valence-electron chi connectivity index (χ4n) is 1.12. The molecule has 0 aromatic heterocycles. The third-order valence-corrected chi connectivity index (χ3v) is 1.81. The Morgan fingerprint density at radius 1 is 1.57 bits per heavy atom. The minimum Gasteiger partial charge on any atom is -0.480 e. The van der Waals surface area contributed by atoms with Gasteiger partial charge in [0.2, 0.25) is 6.39 Å². The van der Waals surface area contributed by atoms with Gasteiger partial charge in [-0.1, -0.05) is 30.3 Å². The minimum absolute atomic E-state index is 0.181. The molecule has 4 heteroatoms. The molecule has 1 amide bonds. The highest BCUT2D eigenvalue weighted by Gasteiger charge is 2.15. The van der Waals surface area contributed by atoms with Crippen molar-refractivity contribution in [2.45, 2.75) is 12.5 Å². The van der Waals surface area contributed by atoms with Crippen LogP contribution in [0, 0.1) is 0 Å². The molecule has 0 heterocycles. The molecule has 1 rings (SSSR count). The number of hydrogen-bond donors (Lipinski definition) is 2. The van der Waals surface area contributed by atoms with E-state index in [0.717, 1.165) is 5.56 Å². The van der Waals surface area contributed by atoms with Crippen molar-refractivity contribution in [3.8, 4) is 0 Å². The number of benzene rings is 1. The SMILES string of the molecule is [2H]C(=O)N[C@@H](Cc1ccccc1)C(=O)O. The Balaban J connectivity index is 2.67. The number of aliphatic carboxylic acids is 1. The zero-order valence-electron chi connectivity index (χ0n) is 8.43. The second-order valence-corrected chi connectivity index (χ2v) is 2.83. The summed E-state index contributed by atoms with van der Waals surface area (Å²) in [7, 11) is 0. The van der Waals surface area contributed by atoms with Gasteiger partial charge in [0.05, 0.1) is 0 Å². The van der Waals surface area contributed by atoms with Crippen molar-refractivity contribution in [3.63, 3.8) is 0 Å². The van der Waals surface area contributed by atoms with Crippen LogP contribution in [0.25, 0.3) is 0 Å². The Hall–Kier alpha value is -1.84. The number of carbonyl (C=O) groups is 2. The lowest BCUT2D eigenvalue weighted by atomic mass is 10.1. The summed E-state index contributed by atoms with van der Waals surface area (Å²) in [5, 5.41) is 10.8. The zero-order chi connectivity index (χ0) is 11.3. The lowest BCUT2D eigenvalue weighted by molar-refractivity contribution is -0.140. The lowest BCUT2D eigenvalue weighted by Crippen LogP contribution is -2.37. The normalized spacial score (nSPS) is 12.7. The van der Waals surface area contributed by atoms with Gasteiger partial charge < -0.3 is 10.4 Å². The van der Waals surface area contributed by atoms with Crippen molar-refractivity contribution < 1.29 is 16.1 Å². The van der Waals surface area contributed by atoms with Crippen molar-refractivity contribution in [1.82, 2.24) is 5.32 Å². The first kappa shape index (κ1) is 8.74. The van der Waals surface area contributed by atoms with Gasteiger partial charge in [0.25, 0.3) is 0 Å². The molecule has 0 aliphatic heterocycles. The van der Waals surface area contributed by atoms with E-state index in [0.29, 0.717) is 0 Å². The Morgan fingerprint density at radius 2 is 2.21 bits per heavy atom. The largest absolute Gasteiger partial charge is 0.480 e. The highest BCUT2D eigenvalue weighted by molar-refractivity contribution is 5.76. The number of carboxylic acids is 1. The van der Waals surface area contributed by atoms with Crippen molar-refractivity contribution in [1.29, 1.82) is 0 Å². The molecule has 2 N–H and O–H groups in total. The van der Waals surface area contributed by atoms with Crippen LogP contribution in [0.1, 0.15) is 6.93 Å². The molecule has 4 nitrogen and oxygen atoms in total. The summed E-state index contributed by atoms with van der Waals surface area (Å²) in [6.07, 6.45) is -0.904. The topological polar surface area (TPSA) is 66.4 Å². The molecule has 0 spiro atoms. The van der Waals surface area contributed by atoms with Crippen molar-refractivity contribution in [2.24, 2.45) is 0 Å². The van der Waals surface area contributed by atoms with E-state index in [1.165, 1.54) is 0 Å². The van der Waals surface area contributed by atoms with Gasteiger partial charge in [0, 0.05) is 6.42 Å². The van der Waals surface area contributed by atoms with Gasteiger partial charge in [-0.3, -0.25) is 4.79 Å². The van der Waals surface area contributed by atoms with Gasteiger partial charge in [-0.05, 0) is 5.56 Å². The van der Waals surface area contributed by atoms with Crippen LogP contribution in [0.15, 0.2) is 30.3 Å². The summed E-state index contributed by atoms with van der Waals surface area (Å²) in [5.74, 6) is -1.14. The molecule has 1 aromatic rings. The van der Waals surface area contributed by atoms with Crippen LogP contribution in [0.4, 0.5) is 0 Å². The fourth-order valence-corrected chi connectivity index (χ4v) is 1.12. The van der Waals surface area contributed by atoms with Gasteiger partial charge in [0.15, 0.2) is 0 Å². The monoisotopic (exact) mass is 194 g/mol. The van der Waals surface area contributed by atoms with E-state index < -0.39 is 18.4 Å². The van der Waals surface area contributed by atoms with Gasteiger partial charge in [-0.2, -0.15) is 0 Å². The summed E-state index contributed by atoms with van der Waals surface area (Å²) >= 11 is 0. The average molecular weight is 194 g/mol. The number of hydrogen-bond acceptors (Lipinski definition) is 2. The van der Waals surface area contributed by atoms with E-state index in [9.17, 15) is 9.59 Å². The second kappa shape index (κ2) is 5.01. The quantitative estimate of drug-likeness (QED) is 0.683. The molecule has 14 heavy (non-hydrogen) atoms. The Morgan fingerprint density at radius 3 is 2.71 bits per heavy atom. The lowest BCUT2D eigenvalue weighted by Gasteiger charge is -2.10. The maximum Gasteiger partial charge on any atom is 0.326 e. The molecule has 0 fully saturated rings. The van der Waals surface area contributed by atoms with Crippen LogP contribution < -0.4 is 5.32 Å². The molecule has 0 saturated heterocycles. The van der Waals surface area contributed by atoms with Crippen LogP contribution in [0.3, 0.4) is 0 Å². The van der Waals surface area contributed by atoms with Gasteiger partial charge in [-0.25, -0.2) is 4.79 Å². The Kier molecular flexibility index (Phi) is 3.13. The minimum atomic E-state index is -1.14. The van der Waals surface area contributed by atoms with E-state index in [4.69, 9.17) is 6.48 Å². The number of nitrogens with one attached hydrogen (secondary N) is 1. The van der Waals surface area contributed by atoms with Crippen LogP contribution in [0.2, 0.25) is 0 Å². The second-order valence-electron chi connectivity index (χ2n) is 2.83. The number of carboxylic acid groups (broad SMARTS) is 1. The highest BCUT2D eigenvalue weighted by Crippen LogP contribution is 2.02. The fraction of sp³-hybridized carbons (Fsp3) is 0.200. The first-order valence-electron chi connectivity index (χ1n) is 4.63. The first-order chi connectivity index (χ1) is 7.09. The van der Waals surface area contributed by atoms with Crippen molar-refractivity contribution >= 4 is 12.4 Å². The third-order valence-electron chi connectivity index (χ3n) is 1.81. The molecule has 0 radical (unpaired) electrons. The van der Waals surface area contributed by atoms with Gasteiger partial charge in [0.1, 0.15) is 7.41 Å². The predicted octanol–water partition coefficient (Wildman–Crippen LogP) is 0.428. The predicted molar refractivity (Wildman–Crippen MR) is 50.8 cm³/mol. The average Bonchev–Trinajstić information content (AvgIpc) is 2.17. The maximum atomic E-state index is 10.7. The van der Waals surface area contributed by atoms with E-state index in [1.807, 2.05) is 6.07 Å². The van der Waals surface area contributed by atoms with Crippen molar-refractivity contribution in [2.75, 3.05) is 0 Å². The molecular weight excluding hydrogens is 182 g/mol. The van der Waals surface area contributed by atoms with Gasteiger partial charge in [-0.15, -0.1) is 0 Å². The number of amides is 1. The molecule has 1 atom stereocenters. The standard InChI is InChI=1S/C10H11NO3/c12-7-11-9(10(13)14)6-8-4-2-1-3-5-8/h1-5,7,9H,6H2,(H,11,12)(H,13,14)/t9-/m0/s1/i7D. The van der Waals surface area contributed by atoms with E-state index in [-0.39, 0.29) is 6.42 Å². The molecule has 0 aliphatic carbocycles. The van der Waals surface area contributed by atoms with Crippen LogP contribution in [0.5, 0.6) is 0 Å². The Bertz CT molecular complexity index is 353. The van der Waals surface area contributed by atoms with Crippen LogP contribution in [-0.4, -0.2) is 23.5 Å². The molecule has 0 aliphatic rings.